The van der Waals surface area contributed by atoms with Gasteiger partial charge in [-0.15, -0.1) is 0 Å². The Morgan fingerprint density at radius 2 is 1.89 bits per heavy atom. The Bertz CT molecular complexity index is 976. The first-order valence-corrected chi connectivity index (χ1v) is 10.3. The average Bonchev–Trinajstić information content (AvgIpc) is 3.42. The van der Waals surface area contributed by atoms with Crippen molar-refractivity contribution in [1.29, 1.82) is 0 Å². The zero-order valence-electron chi connectivity index (χ0n) is 14.3. The summed E-state index contributed by atoms with van der Waals surface area (Å²) in [6.07, 6.45) is 2.94. The molecule has 142 valence electrons. The fourth-order valence-electron chi connectivity index (χ4n) is 5.05. The van der Waals surface area contributed by atoms with Gasteiger partial charge in [-0.05, 0) is 42.9 Å². The molecule has 0 spiro atoms. The molecular formula is C17H18FN5O3S. The Kier molecular flexibility index (Phi) is 3.63. The maximum atomic E-state index is 13.6. The maximum Gasteiger partial charge on any atom is 0.276 e. The van der Waals surface area contributed by atoms with Crippen LogP contribution in [-0.2, 0) is 10.0 Å². The van der Waals surface area contributed by atoms with Crippen LogP contribution in [0.1, 0.15) is 23.3 Å². The van der Waals surface area contributed by atoms with Crippen LogP contribution in [-0.4, -0.2) is 64.1 Å². The van der Waals surface area contributed by atoms with Crippen LogP contribution in [0.2, 0.25) is 0 Å². The Hall–Kier alpha value is -2.33. The number of aromatic amines is 1. The number of carbonyl (C=O) groups excluding carboxylic acids is 1. The van der Waals surface area contributed by atoms with E-state index in [1.165, 1.54) is 24.4 Å². The van der Waals surface area contributed by atoms with E-state index >= 15 is 0 Å². The molecule has 0 radical (unpaired) electrons. The number of likely N-dealkylation sites (tertiary alicyclic amines) is 1. The van der Waals surface area contributed by atoms with E-state index in [0.717, 1.165) is 18.9 Å². The third-order valence-corrected chi connectivity index (χ3v) is 8.05. The molecule has 5 rings (SSSR count). The average molecular weight is 391 g/mol. The molecule has 0 unspecified atom stereocenters. The number of hydrogen-bond acceptors (Lipinski definition) is 5. The zero-order chi connectivity index (χ0) is 18.8. The second-order valence-corrected chi connectivity index (χ2v) is 9.24. The van der Waals surface area contributed by atoms with E-state index in [-0.39, 0.29) is 40.4 Å². The van der Waals surface area contributed by atoms with Crippen molar-refractivity contribution in [3.8, 4) is 0 Å². The SMILES string of the molecule is O=C(c1cn[nH]n1)N1C[C@@H]2[C@H](C1)[C@@H]1CC[C@H]2N1S(=O)(=O)c1cccc(F)c1. The van der Waals surface area contributed by atoms with E-state index in [9.17, 15) is 17.6 Å². The quantitative estimate of drug-likeness (QED) is 0.837. The molecule has 27 heavy (non-hydrogen) atoms. The van der Waals surface area contributed by atoms with Crippen LogP contribution in [0.3, 0.4) is 0 Å². The lowest BCUT2D eigenvalue weighted by Gasteiger charge is -2.26. The van der Waals surface area contributed by atoms with Crippen molar-refractivity contribution in [3.05, 3.63) is 42.0 Å². The normalized spacial score (nSPS) is 30.0. The van der Waals surface area contributed by atoms with Crippen molar-refractivity contribution in [1.82, 2.24) is 24.6 Å². The third-order valence-electron chi connectivity index (χ3n) is 6.11. The van der Waals surface area contributed by atoms with E-state index < -0.39 is 15.8 Å². The maximum absolute atomic E-state index is 13.6. The molecule has 0 aliphatic carbocycles. The molecule has 2 aromatic rings. The van der Waals surface area contributed by atoms with E-state index in [4.69, 9.17) is 0 Å². The number of H-pyrrole nitrogens is 1. The lowest BCUT2D eigenvalue weighted by molar-refractivity contribution is 0.0767. The predicted molar refractivity (Wildman–Crippen MR) is 91.5 cm³/mol. The second-order valence-electron chi connectivity index (χ2n) is 7.40. The number of hydrogen-bond donors (Lipinski definition) is 1. The summed E-state index contributed by atoms with van der Waals surface area (Å²) in [6.45, 7) is 1.01. The van der Waals surface area contributed by atoms with E-state index in [1.54, 1.807) is 9.21 Å². The minimum absolute atomic E-state index is 0.00472. The molecule has 1 amide bonds. The van der Waals surface area contributed by atoms with E-state index in [2.05, 4.69) is 15.4 Å². The van der Waals surface area contributed by atoms with Gasteiger partial charge in [-0.2, -0.15) is 19.7 Å². The number of nitrogens with one attached hydrogen (secondary N) is 1. The van der Waals surface area contributed by atoms with Gasteiger partial charge in [-0.25, -0.2) is 12.8 Å². The molecule has 0 saturated carbocycles. The van der Waals surface area contributed by atoms with Crippen molar-refractivity contribution in [2.45, 2.75) is 29.8 Å². The largest absolute Gasteiger partial charge is 0.336 e. The second kappa shape index (κ2) is 5.83. The first kappa shape index (κ1) is 16.8. The molecule has 4 heterocycles. The summed E-state index contributed by atoms with van der Waals surface area (Å²) in [7, 11) is -3.76. The van der Waals surface area contributed by atoms with Crippen LogP contribution < -0.4 is 0 Å². The van der Waals surface area contributed by atoms with Gasteiger partial charge in [0.05, 0.1) is 11.1 Å². The number of nitrogens with zero attached hydrogens (tertiary/aromatic N) is 4. The summed E-state index contributed by atoms with van der Waals surface area (Å²) >= 11 is 0. The number of fused-ring (bicyclic) bond motifs is 5. The molecule has 2 bridgehead atoms. The zero-order valence-corrected chi connectivity index (χ0v) is 15.1. The van der Waals surface area contributed by atoms with Crippen LogP contribution in [0, 0.1) is 17.7 Å². The molecule has 3 saturated heterocycles. The lowest BCUT2D eigenvalue weighted by atomic mass is 9.82. The van der Waals surface area contributed by atoms with Gasteiger partial charge in [0.2, 0.25) is 10.0 Å². The van der Waals surface area contributed by atoms with Gasteiger partial charge in [-0.1, -0.05) is 6.07 Å². The highest BCUT2D eigenvalue weighted by atomic mass is 32.2. The van der Waals surface area contributed by atoms with Crippen molar-refractivity contribution >= 4 is 15.9 Å². The molecule has 3 aliphatic heterocycles. The van der Waals surface area contributed by atoms with Crippen molar-refractivity contribution < 1.29 is 17.6 Å². The molecule has 1 aromatic carbocycles. The van der Waals surface area contributed by atoms with Gasteiger partial charge in [-0.3, -0.25) is 4.79 Å². The number of rotatable bonds is 3. The number of halogens is 1. The summed E-state index contributed by atoms with van der Waals surface area (Å²) in [6, 6.07) is 4.86. The van der Waals surface area contributed by atoms with Crippen molar-refractivity contribution in [2.75, 3.05) is 13.1 Å². The topological polar surface area (TPSA) is 99.3 Å². The first-order valence-electron chi connectivity index (χ1n) is 8.91. The molecule has 4 atom stereocenters. The van der Waals surface area contributed by atoms with Crippen LogP contribution in [0.15, 0.2) is 35.4 Å². The Morgan fingerprint density at radius 3 is 2.48 bits per heavy atom. The number of carbonyl (C=O) groups is 1. The number of benzene rings is 1. The Balaban J connectivity index is 1.41. The van der Waals surface area contributed by atoms with Gasteiger partial charge in [0.25, 0.3) is 5.91 Å². The monoisotopic (exact) mass is 391 g/mol. The van der Waals surface area contributed by atoms with Crippen LogP contribution >= 0.6 is 0 Å². The van der Waals surface area contributed by atoms with Crippen molar-refractivity contribution in [3.63, 3.8) is 0 Å². The fraction of sp³-hybridized carbons (Fsp3) is 0.471. The van der Waals surface area contributed by atoms with E-state index in [0.29, 0.717) is 13.1 Å². The highest BCUT2D eigenvalue weighted by Crippen LogP contribution is 2.51. The van der Waals surface area contributed by atoms with Gasteiger partial charge < -0.3 is 4.90 Å². The first-order chi connectivity index (χ1) is 13.0. The highest BCUT2D eigenvalue weighted by Gasteiger charge is 2.60. The Labute approximate surface area is 155 Å². The lowest BCUT2D eigenvalue weighted by Crippen LogP contribution is -2.41. The number of amides is 1. The molecule has 3 fully saturated rings. The molecule has 10 heteroatoms. The van der Waals surface area contributed by atoms with E-state index in [1.807, 2.05) is 0 Å². The summed E-state index contributed by atoms with van der Waals surface area (Å²) in [5, 5.41) is 9.95. The highest BCUT2D eigenvalue weighted by molar-refractivity contribution is 7.89. The van der Waals surface area contributed by atoms with Crippen LogP contribution in [0.5, 0.6) is 0 Å². The summed E-state index contributed by atoms with van der Waals surface area (Å²) < 4.78 is 41.4. The van der Waals surface area contributed by atoms with Crippen LogP contribution in [0.25, 0.3) is 0 Å². The summed E-state index contributed by atoms with van der Waals surface area (Å²) in [5.41, 5.74) is 0.270. The standard InChI is InChI=1S/C17H18FN5O3S/c18-10-2-1-3-11(6-10)27(25,26)23-15-4-5-16(23)13-9-22(8-12(13)15)17(24)14-7-19-21-20-14/h1-3,6-7,12-13,15-16H,4-5,8-9H2,(H,19,20,21)/t12-,13+,15-,16+. The summed E-state index contributed by atoms with van der Waals surface area (Å²) in [5.74, 6) is -0.546. The molecule has 8 nitrogen and oxygen atoms in total. The van der Waals surface area contributed by atoms with Gasteiger partial charge in [0.15, 0.2) is 5.69 Å². The molecule has 1 aromatic heterocycles. The fourth-order valence-corrected chi connectivity index (χ4v) is 7.05. The number of sulfonamides is 1. The Morgan fingerprint density at radius 1 is 1.19 bits per heavy atom. The summed E-state index contributed by atoms with van der Waals surface area (Å²) in [4.78, 5) is 14.3. The molecule has 1 N–H and O–H groups in total. The van der Waals surface area contributed by atoms with Gasteiger partial charge in [0.1, 0.15) is 5.82 Å². The smallest absolute Gasteiger partial charge is 0.276 e. The third kappa shape index (κ3) is 2.43. The number of aromatic nitrogens is 3. The van der Waals surface area contributed by atoms with Crippen molar-refractivity contribution in [2.24, 2.45) is 11.8 Å². The predicted octanol–water partition coefficient (Wildman–Crippen LogP) is 0.867. The molecular weight excluding hydrogens is 373 g/mol. The minimum atomic E-state index is -3.76. The minimum Gasteiger partial charge on any atom is -0.336 e. The van der Waals surface area contributed by atoms with Gasteiger partial charge >= 0.3 is 0 Å². The molecule has 3 aliphatic rings. The van der Waals surface area contributed by atoms with Crippen LogP contribution in [0.4, 0.5) is 4.39 Å². The van der Waals surface area contributed by atoms with Gasteiger partial charge in [0, 0.05) is 25.2 Å².